The number of hydrogen-bond acceptors (Lipinski definition) is 5. The van der Waals surface area contributed by atoms with Crippen LogP contribution >= 0.6 is 0 Å². The second kappa shape index (κ2) is 16.6. The quantitative estimate of drug-likeness (QED) is 0.171. The van der Waals surface area contributed by atoms with Crippen LogP contribution in [-0.2, 0) is 25.2 Å². The molecule has 1 fully saturated rings. The summed E-state index contributed by atoms with van der Waals surface area (Å²) in [4.78, 5) is 0. The molecule has 0 amide bonds. The largest absolute Gasteiger partial charge is 0.417 e. The maximum atomic E-state index is 10.9. The maximum Gasteiger partial charge on any atom is 0.191 e. The lowest BCUT2D eigenvalue weighted by Crippen LogP contribution is -2.42. The monoisotopic (exact) mass is 564 g/mol. The van der Waals surface area contributed by atoms with Gasteiger partial charge in [-0.05, 0) is 73.6 Å². The van der Waals surface area contributed by atoms with Crippen LogP contribution in [0, 0.1) is 17.8 Å². The molecule has 1 N–H and O–H groups in total. The molecule has 1 aliphatic rings. The first-order valence-electron chi connectivity index (χ1n) is 15.6. The first-order chi connectivity index (χ1) is 18.4. The fraction of sp³-hybridized carbons (Fsp3) is 0.818. The summed E-state index contributed by atoms with van der Waals surface area (Å²) >= 11 is 0. The van der Waals surface area contributed by atoms with Crippen molar-refractivity contribution < 1.29 is 23.7 Å². The summed E-state index contributed by atoms with van der Waals surface area (Å²) < 4.78 is 24.7. The van der Waals surface area contributed by atoms with E-state index in [1.54, 1.807) is 0 Å². The van der Waals surface area contributed by atoms with E-state index in [2.05, 4.69) is 78.9 Å². The third-order valence-corrected chi connectivity index (χ3v) is 13.6. The highest BCUT2D eigenvalue weighted by atomic mass is 28.4. The zero-order valence-corrected chi connectivity index (χ0v) is 27.5. The zero-order valence-electron chi connectivity index (χ0n) is 26.5. The van der Waals surface area contributed by atoms with Gasteiger partial charge in [0.05, 0.1) is 25.9 Å². The molecule has 1 saturated heterocycles. The van der Waals surface area contributed by atoms with Crippen LogP contribution in [0.1, 0.15) is 98.5 Å². The van der Waals surface area contributed by atoms with Gasteiger partial charge in [-0.15, -0.1) is 0 Å². The third-order valence-electron chi connectivity index (χ3n) is 9.05. The van der Waals surface area contributed by atoms with Crippen LogP contribution in [0.25, 0.3) is 0 Å². The molecule has 1 heterocycles. The number of hydrogen-bond donors (Lipinski definition) is 1. The second-order valence-corrected chi connectivity index (χ2v) is 18.4. The Balaban J connectivity index is 1.69. The Hall–Kier alpha value is -0.763. The van der Waals surface area contributed by atoms with E-state index >= 15 is 0 Å². The van der Waals surface area contributed by atoms with Gasteiger partial charge in [0.1, 0.15) is 0 Å². The van der Waals surface area contributed by atoms with Crippen molar-refractivity contribution >= 4 is 8.32 Å². The predicted molar refractivity (Wildman–Crippen MR) is 164 cm³/mol. The fourth-order valence-electron chi connectivity index (χ4n) is 5.19. The summed E-state index contributed by atoms with van der Waals surface area (Å²) in [5.74, 6) is 0.777. The van der Waals surface area contributed by atoms with Crippen LogP contribution < -0.4 is 0 Å². The Morgan fingerprint density at radius 3 is 2.18 bits per heavy atom. The minimum Gasteiger partial charge on any atom is -0.417 e. The van der Waals surface area contributed by atoms with E-state index in [0.717, 1.165) is 64.6 Å². The van der Waals surface area contributed by atoms with Gasteiger partial charge in [0, 0.05) is 26.1 Å². The molecule has 4 atom stereocenters. The third kappa shape index (κ3) is 12.3. The van der Waals surface area contributed by atoms with Gasteiger partial charge in [-0.3, -0.25) is 0 Å². The smallest absolute Gasteiger partial charge is 0.191 e. The second-order valence-electron chi connectivity index (χ2n) is 13.6. The number of benzene rings is 1. The van der Waals surface area contributed by atoms with Crippen molar-refractivity contribution in [1.82, 2.24) is 0 Å². The molecule has 0 radical (unpaired) electrons. The van der Waals surface area contributed by atoms with Gasteiger partial charge >= 0.3 is 0 Å². The molecule has 1 aromatic carbocycles. The Labute approximate surface area is 241 Å². The standard InChI is InChI=1S/C33H60O5Si/c1-9-29(25-35-26-30-15-11-10-12-16-30)17-13-19-33(36-21-22-37-33)20-14-18-31(34)28(3)23-27(2)24-38-39(7,8)32(4,5)6/h10-12,15-16,27-29,31,34H,9,13-14,17-26H2,1-8H3/t27-,28-,29+,31?/m0/s1. The van der Waals surface area contributed by atoms with Crippen molar-refractivity contribution in [3.8, 4) is 0 Å². The minimum absolute atomic E-state index is 0.228. The average molecular weight is 565 g/mol. The highest BCUT2D eigenvalue weighted by molar-refractivity contribution is 6.74. The summed E-state index contributed by atoms with van der Waals surface area (Å²) in [7, 11) is -1.73. The van der Waals surface area contributed by atoms with E-state index in [0.29, 0.717) is 31.7 Å². The van der Waals surface area contributed by atoms with E-state index in [1.165, 1.54) is 5.56 Å². The molecule has 2 rings (SSSR count). The molecule has 0 spiro atoms. The van der Waals surface area contributed by atoms with Gasteiger partial charge < -0.3 is 23.7 Å². The molecule has 226 valence electrons. The van der Waals surface area contributed by atoms with Crippen LogP contribution in [0.3, 0.4) is 0 Å². The predicted octanol–water partition coefficient (Wildman–Crippen LogP) is 8.36. The zero-order chi connectivity index (χ0) is 28.9. The van der Waals surface area contributed by atoms with Gasteiger partial charge in [-0.2, -0.15) is 0 Å². The van der Waals surface area contributed by atoms with Crippen LogP contribution in [0.4, 0.5) is 0 Å². The van der Waals surface area contributed by atoms with Crippen LogP contribution in [0.5, 0.6) is 0 Å². The Bertz CT molecular complexity index is 772. The van der Waals surface area contributed by atoms with E-state index in [-0.39, 0.29) is 17.1 Å². The first-order valence-corrected chi connectivity index (χ1v) is 18.5. The van der Waals surface area contributed by atoms with Crippen molar-refractivity contribution in [3.63, 3.8) is 0 Å². The van der Waals surface area contributed by atoms with Crippen LogP contribution in [0.15, 0.2) is 30.3 Å². The Morgan fingerprint density at radius 2 is 1.59 bits per heavy atom. The average Bonchev–Trinajstić information content (AvgIpc) is 3.35. The molecule has 0 bridgehead atoms. The van der Waals surface area contributed by atoms with E-state index in [4.69, 9.17) is 18.6 Å². The Morgan fingerprint density at radius 1 is 0.974 bits per heavy atom. The summed E-state index contributed by atoms with van der Waals surface area (Å²) in [6, 6.07) is 10.4. The molecule has 1 aromatic rings. The summed E-state index contributed by atoms with van der Waals surface area (Å²) in [6.45, 7) is 21.7. The van der Waals surface area contributed by atoms with E-state index in [1.807, 2.05) is 6.07 Å². The molecule has 0 saturated carbocycles. The lowest BCUT2D eigenvalue weighted by atomic mass is 9.89. The van der Waals surface area contributed by atoms with Crippen molar-refractivity contribution in [3.05, 3.63) is 35.9 Å². The van der Waals surface area contributed by atoms with E-state index in [9.17, 15) is 5.11 Å². The summed E-state index contributed by atoms with van der Waals surface area (Å²) in [5, 5.41) is 11.1. The van der Waals surface area contributed by atoms with Gasteiger partial charge in [-0.25, -0.2) is 0 Å². The first kappa shape index (κ1) is 34.4. The molecule has 1 unspecified atom stereocenters. The molecular weight excluding hydrogens is 504 g/mol. The fourth-order valence-corrected chi connectivity index (χ4v) is 6.32. The lowest BCUT2D eigenvalue weighted by molar-refractivity contribution is -0.170. The number of aliphatic hydroxyl groups is 1. The van der Waals surface area contributed by atoms with Crippen LogP contribution in [-0.4, -0.2) is 51.7 Å². The van der Waals surface area contributed by atoms with Gasteiger partial charge in [0.2, 0.25) is 0 Å². The SMILES string of the molecule is CC[C@H](CCCC1(CCCC(O)[C@@H](C)C[C@H](C)CO[Si](C)(C)C(C)(C)C)OCCO1)COCc1ccccc1. The van der Waals surface area contributed by atoms with Crippen molar-refractivity contribution in [2.45, 2.75) is 130 Å². The van der Waals surface area contributed by atoms with Crippen molar-refractivity contribution in [1.29, 1.82) is 0 Å². The molecular formula is C33H60O5Si. The highest BCUT2D eigenvalue weighted by Gasteiger charge is 2.38. The van der Waals surface area contributed by atoms with Crippen LogP contribution in [0.2, 0.25) is 18.1 Å². The molecule has 5 nitrogen and oxygen atoms in total. The highest BCUT2D eigenvalue weighted by Crippen LogP contribution is 2.37. The molecule has 1 aliphatic heterocycles. The number of ether oxygens (including phenoxy) is 3. The molecule has 0 aliphatic carbocycles. The lowest BCUT2D eigenvalue weighted by Gasteiger charge is -2.37. The molecule has 0 aromatic heterocycles. The normalized spacial score (nSPS) is 19.1. The minimum atomic E-state index is -1.73. The number of rotatable bonds is 19. The van der Waals surface area contributed by atoms with Gasteiger partial charge in [0.25, 0.3) is 0 Å². The van der Waals surface area contributed by atoms with Crippen molar-refractivity contribution in [2.24, 2.45) is 17.8 Å². The number of aliphatic hydroxyl groups excluding tert-OH is 1. The van der Waals surface area contributed by atoms with Crippen molar-refractivity contribution in [2.75, 3.05) is 26.4 Å². The molecule has 39 heavy (non-hydrogen) atoms. The van der Waals surface area contributed by atoms with Gasteiger partial charge in [0.15, 0.2) is 14.1 Å². The topological polar surface area (TPSA) is 57.2 Å². The summed E-state index contributed by atoms with van der Waals surface area (Å²) in [5.41, 5.74) is 1.23. The molecule has 6 heteroatoms. The van der Waals surface area contributed by atoms with Gasteiger partial charge in [-0.1, -0.05) is 78.3 Å². The Kier molecular flexibility index (Phi) is 14.7. The van der Waals surface area contributed by atoms with E-state index < -0.39 is 14.1 Å². The maximum absolute atomic E-state index is 10.9. The summed E-state index contributed by atoms with van der Waals surface area (Å²) in [6.07, 6.45) is 7.45.